The summed E-state index contributed by atoms with van der Waals surface area (Å²) in [6.45, 7) is 4.04. The number of carboxylic acid groups (broad SMARTS) is 1. The van der Waals surface area contributed by atoms with Crippen LogP contribution >= 0.6 is 0 Å². The van der Waals surface area contributed by atoms with Gasteiger partial charge in [0.2, 0.25) is 0 Å². The zero-order chi connectivity index (χ0) is 19.1. The highest BCUT2D eigenvalue weighted by atomic mass is 16.5. The Labute approximate surface area is 152 Å². The second-order valence-electron chi connectivity index (χ2n) is 6.19. The van der Waals surface area contributed by atoms with Crippen molar-refractivity contribution in [3.05, 3.63) is 29.3 Å². The van der Waals surface area contributed by atoms with E-state index in [-0.39, 0.29) is 18.4 Å². The second-order valence-corrected chi connectivity index (χ2v) is 6.19. The standard InChI is InChI=1S/C18H25N3O5/c1-13-5-6-14(12-15(13)26-2)17(24)20-8-10-21(11-9-20)18(25)19-7-3-4-16(22)23/h5-6,12H,3-4,7-11H2,1-2H3,(H,19,25)(H,22,23). The van der Waals surface area contributed by atoms with Gasteiger partial charge in [0.15, 0.2) is 0 Å². The fourth-order valence-electron chi connectivity index (χ4n) is 2.79. The molecule has 1 aliphatic rings. The first kappa shape index (κ1) is 19.6. The summed E-state index contributed by atoms with van der Waals surface area (Å²) in [6, 6.07) is 5.15. The molecule has 8 nitrogen and oxygen atoms in total. The Balaban J connectivity index is 1.83. The highest BCUT2D eigenvalue weighted by Gasteiger charge is 2.25. The van der Waals surface area contributed by atoms with Crippen LogP contribution in [-0.4, -0.2) is 72.6 Å². The van der Waals surface area contributed by atoms with Gasteiger partial charge in [0.25, 0.3) is 5.91 Å². The van der Waals surface area contributed by atoms with Crippen molar-refractivity contribution in [1.82, 2.24) is 15.1 Å². The molecule has 2 N–H and O–H groups in total. The van der Waals surface area contributed by atoms with Crippen molar-refractivity contribution in [3.63, 3.8) is 0 Å². The first-order valence-electron chi connectivity index (χ1n) is 8.61. The molecule has 26 heavy (non-hydrogen) atoms. The lowest BCUT2D eigenvalue weighted by Gasteiger charge is -2.34. The molecule has 1 fully saturated rings. The number of rotatable bonds is 6. The van der Waals surface area contributed by atoms with Gasteiger partial charge in [-0.1, -0.05) is 6.07 Å². The Morgan fingerprint density at radius 2 is 1.81 bits per heavy atom. The highest BCUT2D eigenvalue weighted by molar-refractivity contribution is 5.95. The maximum atomic E-state index is 12.6. The lowest BCUT2D eigenvalue weighted by atomic mass is 10.1. The maximum absolute atomic E-state index is 12.6. The molecule has 0 unspecified atom stereocenters. The Morgan fingerprint density at radius 3 is 2.42 bits per heavy atom. The van der Waals surface area contributed by atoms with Gasteiger partial charge in [-0.25, -0.2) is 4.79 Å². The molecule has 1 aliphatic heterocycles. The number of hydrogen-bond acceptors (Lipinski definition) is 4. The molecule has 0 aliphatic carbocycles. The predicted octanol–water partition coefficient (Wildman–Crippen LogP) is 1.34. The van der Waals surface area contributed by atoms with Gasteiger partial charge in [-0.2, -0.15) is 0 Å². The van der Waals surface area contributed by atoms with E-state index in [9.17, 15) is 14.4 Å². The van der Waals surface area contributed by atoms with Crippen LogP contribution in [0.4, 0.5) is 4.79 Å². The van der Waals surface area contributed by atoms with Crippen LogP contribution in [0.3, 0.4) is 0 Å². The van der Waals surface area contributed by atoms with Crippen LogP contribution < -0.4 is 10.1 Å². The van der Waals surface area contributed by atoms with Gasteiger partial charge in [0.1, 0.15) is 5.75 Å². The van der Waals surface area contributed by atoms with Gasteiger partial charge < -0.3 is 25.0 Å². The lowest BCUT2D eigenvalue weighted by molar-refractivity contribution is -0.137. The molecular formula is C18H25N3O5. The summed E-state index contributed by atoms with van der Waals surface area (Å²) in [5, 5.41) is 11.3. The Bertz CT molecular complexity index is 669. The van der Waals surface area contributed by atoms with Gasteiger partial charge in [-0.05, 0) is 31.0 Å². The van der Waals surface area contributed by atoms with Crippen molar-refractivity contribution < 1.29 is 24.2 Å². The third-order valence-corrected chi connectivity index (χ3v) is 4.35. The molecule has 2 rings (SSSR count). The van der Waals surface area contributed by atoms with E-state index in [1.54, 1.807) is 29.0 Å². The number of benzene rings is 1. The number of hydrogen-bond donors (Lipinski definition) is 2. The maximum Gasteiger partial charge on any atom is 0.317 e. The third-order valence-electron chi connectivity index (χ3n) is 4.35. The third kappa shape index (κ3) is 5.11. The van der Waals surface area contributed by atoms with Gasteiger partial charge in [0.05, 0.1) is 7.11 Å². The minimum absolute atomic E-state index is 0.0303. The SMILES string of the molecule is COc1cc(C(=O)N2CCN(C(=O)NCCCC(=O)O)CC2)ccc1C. The number of carbonyl (C=O) groups is 3. The fraction of sp³-hybridized carbons (Fsp3) is 0.500. The van der Waals surface area contributed by atoms with Crippen molar-refractivity contribution >= 4 is 17.9 Å². The zero-order valence-corrected chi connectivity index (χ0v) is 15.2. The van der Waals surface area contributed by atoms with Crippen molar-refractivity contribution in [2.24, 2.45) is 0 Å². The largest absolute Gasteiger partial charge is 0.496 e. The van der Waals surface area contributed by atoms with Crippen LogP contribution in [0.1, 0.15) is 28.8 Å². The minimum Gasteiger partial charge on any atom is -0.496 e. The molecule has 8 heteroatoms. The van der Waals surface area contributed by atoms with E-state index >= 15 is 0 Å². The number of methoxy groups -OCH3 is 1. The summed E-state index contributed by atoms with van der Waals surface area (Å²) < 4.78 is 5.26. The van der Waals surface area contributed by atoms with Crippen LogP contribution in [0.25, 0.3) is 0 Å². The second kappa shape index (κ2) is 9.07. The topological polar surface area (TPSA) is 99.2 Å². The van der Waals surface area contributed by atoms with E-state index in [4.69, 9.17) is 9.84 Å². The molecule has 0 saturated carbocycles. The lowest BCUT2D eigenvalue weighted by Crippen LogP contribution is -2.53. The number of ether oxygens (including phenoxy) is 1. The molecule has 0 aromatic heterocycles. The fourth-order valence-corrected chi connectivity index (χ4v) is 2.79. The first-order valence-corrected chi connectivity index (χ1v) is 8.61. The van der Waals surface area contributed by atoms with Crippen LogP contribution in [0.15, 0.2) is 18.2 Å². The minimum atomic E-state index is -0.876. The van der Waals surface area contributed by atoms with Gasteiger partial charge in [0, 0.05) is 44.7 Å². The predicted molar refractivity (Wildman–Crippen MR) is 95.5 cm³/mol. The molecule has 0 radical (unpaired) electrons. The number of carboxylic acids is 1. The van der Waals surface area contributed by atoms with Crippen molar-refractivity contribution in [3.8, 4) is 5.75 Å². The average molecular weight is 363 g/mol. The Hall–Kier alpha value is -2.77. The average Bonchev–Trinajstić information content (AvgIpc) is 2.65. The summed E-state index contributed by atoms with van der Waals surface area (Å²) in [4.78, 5) is 38.5. The normalized spacial score (nSPS) is 14.1. The summed E-state index contributed by atoms with van der Waals surface area (Å²) in [6.07, 6.45) is 0.428. The van der Waals surface area contributed by atoms with Gasteiger partial charge >= 0.3 is 12.0 Å². The van der Waals surface area contributed by atoms with Crippen molar-refractivity contribution in [1.29, 1.82) is 0 Å². The molecule has 0 bridgehead atoms. The molecule has 0 atom stereocenters. The number of aliphatic carboxylic acids is 1. The van der Waals surface area contributed by atoms with E-state index in [1.807, 2.05) is 13.0 Å². The first-order chi connectivity index (χ1) is 12.4. The number of carbonyl (C=O) groups excluding carboxylic acids is 2. The van der Waals surface area contributed by atoms with E-state index < -0.39 is 5.97 Å². The van der Waals surface area contributed by atoms with Gasteiger partial charge in [-0.15, -0.1) is 0 Å². The van der Waals surface area contributed by atoms with Gasteiger partial charge in [-0.3, -0.25) is 9.59 Å². The van der Waals surface area contributed by atoms with Crippen LogP contribution in [0, 0.1) is 6.92 Å². The summed E-state index contributed by atoms with van der Waals surface area (Å²) in [7, 11) is 1.57. The number of amides is 3. The summed E-state index contributed by atoms with van der Waals surface area (Å²) in [5.74, 6) is -0.279. The molecule has 1 aromatic rings. The number of urea groups is 1. The molecule has 142 valence electrons. The number of nitrogens with zero attached hydrogens (tertiary/aromatic N) is 2. The van der Waals surface area contributed by atoms with E-state index in [1.165, 1.54) is 0 Å². The molecular weight excluding hydrogens is 338 g/mol. The Morgan fingerprint density at radius 1 is 1.15 bits per heavy atom. The van der Waals surface area contributed by atoms with Crippen LogP contribution in [0.2, 0.25) is 0 Å². The smallest absolute Gasteiger partial charge is 0.317 e. The highest BCUT2D eigenvalue weighted by Crippen LogP contribution is 2.20. The van der Waals surface area contributed by atoms with E-state index in [0.717, 1.165) is 5.56 Å². The molecule has 1 saturated heterocycles. The van der Waals surface area contributed by atoms with Crippen LogP contribution in [0.5, 0.6) is 5.75 Å². The van der Waals surface area contributed by atoms with E-state index in [0.29, 0.717) is 50.5 Å². The van der Waals surface area contributed by atoms with E-state index in [2.05, 4.69) is 5.32 Å². The molecule has 3 amide bonds. The summed E-state index contributed by atoms with van der Waals surface area (Å²) >= 11 is 0. The number of nitrogens with one attached hydrogen (secondary N) is 1. The number of piperazine rings is 1. The molecule has 1 heterocycles. The van der Waals surface area contributed by atoms with Crippen molar-refractivity contribution in [2.75, 3.05) is 39.8 Å². The van der Waals surface area contributed by atoms with Crippen LogP contribution in [-0.2, 0) is 4.79 Å². The zero-order valence-electron chi connectivity index (χ0n) is 15.2. The summed E-state index contributed by atoms with van der Waals surface area (Å²) in [5.41, 5.74) is 1.53. The van der Waals surface area contributed by atoms with Crippen molar-refractivity contribution in [2.45, 2.75) is 19.8 Å². The monoisotopic (exact) mass is 363 g/mol. The quantitative estimate of drug-likeness (QED) is 0.743. The molecule has 1 aromatic carbocycles. The Kier molecular flexibility index (Phi) is 6.82. The number of aryl methyl sites for hydroxylation is 1. The molecule has 0 spiro atoms.